The van der Waals surface area contributed by atoms with E-state index >= 15 is 0 Å². The molecule has 2 saturated heterocycles. The molecular weight excluding hydrogens is 216 g/mol. The topological polar surface area (TPSA) is 43.8 Å². The van der Waals surface area contributed by atoms with E-state index in [9.17, 15) is 9.90 Å². The van der Waals surface area contributed by atoms with Crippen LogP contribution >= 0.6 is 0 Å². The molecule has 0 aliphatic carbocycles. The van der Waals surface area contributed by atoms with E-state index in [1.165, 1.54) is 0 Å². The lowest BCUT2D eigenvalue weighted by Gasteiger charge is -2.33. The van der Waals surface area contributed by atoms with Crippen LogP contribution in [0.2, 0.25) is 0 Å². The molecule has 1 unspecified atom stereocenters. The van der Waals surface area contributed by atoms with E-state index in [0.29, 0.717) is 18.9 Å². The van der Waals surface area contributed by atoms with Crippen LogP contribution in [0.3, 0.4) is 0 Å². The van der Waals surface area contributed by atoms with Crippen molar-refractivity contribution in [1.29, 1.82) is 0 Å². The van der Waals surface area contributed by atoms with Gasteiger partial charge >= 0.3 is 0 Å². The Morgan fingerprint density at radius 3 is 2.59 bits per heavy atom. The molecule has 0 aromatic carbocycles. The maximum Gasteiger partial charge on any atom is 0.222 e. The van der Waals surface area contributed by atoms with Gasteiger partial charge in [0.1, 0.15) is 0 Å². The molecule has 98 valence electrons. The molecule has 1 atom stereocenters. The molecule has 1 amide bonds. The van der Waals surface area contributed by atoms with Crippen molar-refractivity contribution in [1.82, 2.24) is 9.80 Å². The van der Waals surface area contributed by atoms with Gasteiger partial charge in [0.15, 0.2) is 0 Å². The van der Waals surface area contributed by atoms with Crippen LogP contribution in [0.4, 0.5) is 0 Å². The minimum atomic E-state index is -0.301. The number of aliphatic hydroxyl groups excluding tert-OH is 1. The zero-order valence-corrected chi connectivity index (χ0v) is 10.8. The van der Waals surface area contributed by atoms with Crippen molar-refractivity contribution < 1.29 is 9.90 Å². The molecule has 0 saturated carbocycles. The molecule has 17 heavy (non-hydrogen) atoms. The first-order valence-corrected chi connectivity index (χ1v) is 6.79. The SMILES string of the molecule is CN1CCC(CC(=O)N2CCCC(O)C2)CC1. The van der Waals surface area contributed by atoms with Crippen molar-refractivity contribution in [3.8, 4) is 0 Å². The van der Waals surface area contributed by atoms with Crippen LogP contribution in [-0.4, -0.2) is 60.1 Å². The number of aliphatic hydroxyl groups is 1. The Bertz CT molecular complexity index is 262. The molecule has 1 N–H and O–H groups in total. The summed E-state index contributed by atoms with van der Waals surface area (Å²) in [5.74, 6) is 0.802. The number of nitrogens with zero attached hydrogens (tertiary/aromatic N) is 2. The van der Waals surface area contributed by atoms with Crippen molar-refractivity contribution in [2.45, 2.75) is 38.2 Å². The highest BCUT2D eigenvalue weighted by Crippen LogP contribution is 2.21. The van der Waals surface area contributed by atoms with Crippen molar-refractivity contribution in [2.24, 2.45) is 5.92 Å². The summed E-state index contributed by atoms with van der Waals surface area (Å²) in [7, 11) is 2.14. The summed E-state index contributed by atoms with van der Waals surface area (Å²) in [6, 6.07) is 0. The largest absolute Gasteiger partial charge is 0.391 e. The molecular formula is C13H24N2O2. The van der Waals surface area contributed by atoms with E-state index in [0.717, 1.165) is 45.3 Å². The number of carbonyl (C=O) groups is 1. The van der Waals surface area contributed by atoms with E-state index in [4.69, 9.17) is 0 Å². The third kappa shape index (κ3) is 3.68. The van der Waals surface area contributed by atoms with Crippen LogP contribution in [0, 0.1) is 5.92 Å². The number of hydrogen-bond donors (Lipinski definition) is 1. The van der Waals surface area contributed by atoms with Gasteiger partial charge in [0, 0.05) is 19.5 Å². The average Bonchev–Trinajstić information content (AvgIpc) is 2.32. The Morgan fingerprint density at radius 2 is 1.94 bits per heavy atom. The Balaban J connectivity index is 1.76. The highest BCUT2D eigenvalue weighted by Gasteiger charge is 2.25. The molecule has 2 rings (SSSR count). The van der Waals surface area contributed by atoms with Crippen molar-refractivity contribution >= 4 is 5.91 Å². The zero-order chi connectivity index (χ0) is 12.3. The fourth-order valence-electron chi connectivity index (χ4n) is 2.82. The second kappa shape index (κ2) is 5.83. The quantitative estimate of drug-likeness (QED) is 0.773. The minimum absolute atomic E-state index is 0.248. The Labute approximate surface area is 104 Å². The van der Waals surface area contributed by atoms with Crippen molar-refractivity contribution in [3.63, 3.8) is 0 Å². The first-order chi connectivity index (χ1) is 8.15. The predicted molar refractivity (Wildman–Crippen MR) is 66.7 cm³/mol. The summed E-state index contributed by atoms with van der Waals surface area (Å²) in [5.41, 5.74) is 0. The monoisotopic (exact) mass is 240 g/mol. The van der Waals surface area contributed by atoms with Crippen LogP contribution in [0.25, 0.3) is 0 Å². The maximum absolute atomic E-state index is 12.1. The van der Waals surface area contributed by atoms with Gasteiger partial charge < -0.3 is 14.9 Å². The number of hydrogen-bond acceptors (Lipinski definition) is 3. The molecule has 2 heterocycles. The van der Waals surface area contributed by atoms with Crippen LogP contribution in [0.15, 0.2) is 0 Å². The summed E-state index contributed by atoms with van der Waals surface area (Å²) in [4.78, 5) is 16.3. The highest BCUT2D eigenvalue weighted by molar-refractivity contribution is 5.76. The van der Waals surface area contributed by atoms with E-state index in [2.05, 4.69) is 11.9 Å². The molecule has 0 spiro atoms. The summed E-state index contributed by atoms with van der Waals surface area (Å²) in [6.07, 6.45) is 4.45. The minimum Gasteiger partial charge on any atom is -0.391 e. The van der Waals surface area contributed by atoms with Gasteiger partial charge in [0.25, 0.3) is 0 Å². The van der Waals surface area contributed by atoms with Crippen LogP contribution in [0.1, 0.15) is 32.1 Å². The van der Waals surface area contributed by atoms with Crippen molar-refractivity contribution in [3.05, 3.63) is 0 Å². The van der Waals surface area contributed by atoms with Crippen molar-refractivity contribution in [2.75, 3.05) is 33.2 Å². The highest BCUT2D eigenvalue weighted by atomic mass is 16.3. The van der Waals surface area contributed by atoms with Gasteiger partial charge in [-0.1, -0.05) is 0 Å². The fourth-order valence-corrected chi connectivity index (χ4v) is 2.82. The zero-order valence-electron chi connectivity index (χ0n) is 10.8. The molecule has 2 aliphatic rings. The van der Waals surface area contributed by atoms with Gasteiger partial charge in [-0.25, -0.2) is 0 Å². The molecule has 4 heteroatoms. The van der Waals surface area contributed by atoms with E-state index in [-0.39, 0.29) is 12.0 Å². The standard InChI is InChI=1S/C13H24N2O2/c1-14-7-4-11(5-8-14)9-13(17)15-6-2-3-12(16)10-15/h11-12,16H,2-10H2,1H3. The van der Waals surface area contributed by atoms with Gasteiger partial charge in [-0.2, -0.15) is 0 Å². The molecule has 0 radical (unpaired) electrons. The lowest BCUT2D eigenvalue weighted by molar-refractivity contribution is -0.135. The number of carbonyl (C=O) groups excluding carboxylic acids is 1. The number of β-amino-alcohol motifs (C(OH)–C–C–N with tert-alkyl or cyclic N) is 1. The molecule has 2 fully saturated rings. The number of rotatable bonds is 2. The summed E-state index contributed by atoms with van der Waals surface area (Å²) in [5, 5.41) is 9.57. The van der Waals surface area contributed by atoms with E-state index in [1.54, 1.807) is 0 Å². The smallest absolute Gasteiger partial charge is 0.222 e. The Hall–Kier alpha value is -0.610. The van der Waals surface area contributed by atoms with Gasteiger partial charge in [0.05, 0.1) is 6.10 Å². The lowest BCUT2D eigenvalue weighted by atomic mass is 9.93. The van der Waals surface area contributed by atoms with E-state index < -0.39 is 0 Å². The number of amides is 1. The molecule has 0 aromatic rings. The number of piperidine rings is 2. The Kier molecular flexibility index (Phi) is 4.40. The third-order valence-corrected chi connectivity index (χ3v) is 4.05. The maximum atomic E-state index is 12.1. The second-order valence-corrected chi connectivity index (χ2v) is 5.59. The predicted octanol–water partition coefficient (Wildman–Crippen LogP) is 0.702. The number of likely N-dealkylation sites (tertiary alicyclic amines) is 2. The van der Waals surface area contributed by atoms with E-state index in [1.807, 2.05) is 4.90 Å². The summed E-state index contributed by atoms with van der Waals surface area (Å²) >= 11 is 0. The second-order valence-electron chi connectivity index (χ2n) is 5.59. The Morgan fingerprint density at radius 1 is 1.24 bits per heavy atom. The van der Waals surface area contributed by atoms with Crippen LogP contribution in [0.5, 0.6) is 0 Å². The lowest BCUT2D eigenvalue weighted by Crippen LogP contribution is -2.43. The van der Waals surface area contributed by atoms with Gasteiger partial charge in [-0.15, -0.1) is 0 Å². The van der Waals surface area contributed by atoms with Gasteiger partial charge in [-0.3, -0.25) is 4.79 Å². The first kappa shape index (κ1) is 12.8. The summed E-state index contributed by atoms with van der Waals surface area (Å²) in [6.45, 7) is 3.61. The van der Waals surface area contributed by atoms with Gasteiger partial charge in [-0.05, 0) is 51.7 Å². The summed E-state index contributed by atoms with van der Waals surface area (Å²) < 4.78 is 0. The normalized spacial score (nSPS) is 28.4. The fraction of sp³-hybridized carbons (Fsp3) is 0.923. The first-order valence-electron chi connectivity index (χ1n) is 6.79. The molecule has 0 aromatic heterocycles. The van der Waals surface area contributed by atoms with Crippen LogP contribution in [-0.2, 0) is 4.79 Å². The molecule has 2 aliphatic heterocycles. The molecule has 4 nitrogen and oxygen atoms in total. The van der Waals surface area contributed by atoms with Crippen LogP contribution < -0.4 is 0 Å². The third-order valence-electron chi connectivity index (χ3n) is 4.05. The average molecular weight is 240 g/mol. The van der Waals surface area contributed by atoms with Gasteiger partial charge in [0.2, 0.25) is 5.91 Å². The molecule has 0 bridgehead atoms.